The van der Waals surface area contributed by atoms with Gasteiger partial charge in [0, 0.05) is 5.46 Å². The zero-order chi connectivity index (χ0) is 32.1. The first-order valence-corrected chi connectivity index (χ1v) is 10.9. The minimum absolute atomic E-state index is 0.0928. The molecule has 2 aliphatic carbocycles. The molecular formula is C24H3BF16O2. The molecular weight excluding hydrogens is 635 g/mol. The molecule has 2 unspecified atom stereocenters. The number of rotatable bonds is 5. The second-order valence-electron chi connectivity index (χ2n) is 8.69. The number of hydrogen-bond donors (Lipinski definition) is 0. The van der Waals surface area contributed by atoms with Crippen molar-refractivity contribution in [1.29, 1.82) is 0 Å². The van der Waals surface area contributed by atoms with Crippen molar-refractivity contribution in [2.24, 2.45) is 0 Å². The molecule has 0 aliphatic heterocycles. The van der Waals surface area contributed by atoms with Crippen LogP contribution in [0.5, 0.6) is 0 Å². The third-order valence-electron chi connectivity index (χ3n) is 6.32. The van der Waals surface area contributed by atoms with Crippen molar-refractivity contribution < 1.29 is 79.6 Å². The molecule has 2 nitrogen and oxygen atoms in total. The lowest BCUT2D eigenvalue weighted by Crippen LogP contribution is -2.49. The van der Waals surface area contributed by atoms with E-state index in [2.05, 4.69) is 9.31 Å². The Hall–Kier alpha value is -4.00. The molecule has 0 heterocycles. The second kappa shape index (κ2) is 9.76. The summed E-state index contributed by atoms with van der Waals surface area (Å²) in [7, 11) is -3.77. The zero-order valence-electron chi connectivity index (χ0n) is 19.7. The summed E-state index contributed by atoms with van der Waals surface area (Å²) >= 11 is 0. The van der Waals surface area contributed by atoms with Crippen LogP contribution in [-0.4, -0.2) is 7.12 Å². The molecule has 0 aromatic heterocycles. The van der Waals surface area contributed by atoms with Gasteiger partial charge in [-0.25, -0.2) is 61.5 Å². The first-order valence-electron chi connectivity index (χ1n) is 10.9. The highest BCUT2D eigenvalue weighted by Crippen LogP contribution is 2.55. The summed E-state index contributed by atoms with van der Waals surface area (Å²) in [5, 5.41) is 0. The van der Waals surface area contributed by atoms with E-state index in [9.17, 15) is 61.5 Å². The molecule has 0 N–H and O–H groups in total. The molecule has 3 aromatic carbocycles. The first-order chi connectivity index (χ1) is 19.9. The van der Waals surface area contributed by atoms with Gasteiger partial charge in [-0.15, -0.1) is 0 Å². The Kier molecular flexibility index (Phi) is 6.92. The van der Waals surface area contributed by atoms with Crippen molar-refractivity contribution in [3.63, 3.8) is 0 Å². The van der Waals surface area contributed by atoms with Crippen LogP contribution in [0.15, 0.2) is 29.9 Å². The number of hydrogen-bond acceptors (Lipinski definition) is 2. The van der Waals surface area contributed by atoms with Crippen molar-refractivity contribution in [2.75, 3.05) is 0 Å². The van der Waals surface area contributed by atoms with Gasteiger partial charge in [0.15, 0.2) is 58.2 Å². The van der Waals surface area contributed by atoms with E-state index in [1.807, 2.05) is 0 Å². The third-order valence-corrected chi connectivity index (χ3v) is 6.32. The van der Waals surface area contributed by atoms with Gasteiger partial charge in [0.1, 0.15) is 11.6 Å². The van der Waals surface area contributed by atoms with E-state index in [1.54, 1.807) is 0 Å². The first kappa shape index (κ1) is 30.5. The SMILES string of the molecule is FC1=C(F)C(F)(OB(OC2(F)C(F)=C(F)c3c(F)c(F)c(F)c(F)c32)c2cc(F)ccc2F)c2c(F)c(F)c(F)c(F)c21. The van der Waals surface area contributed by atoms with E-state index in [4.69, 9.17) is 0 Å². The fourth-order valence-electron chi connectivity index (χ4n) is 4.36. The van der Waals surface area contributed by atoms with Crippen LogP contribution in [0.4, 0.5) is 70.2 Å². The average molecular weight is 638 g/mol. The van der Waals surface area contributed by atoms with E-state index >= 15 is 8.78 Å². The lowest BCUT2D eigenvalue weighted by atomic mass is 9.76. The Balaban J connectivity index is 1.76. The van der Waals surface area contributed by atoms with Gasteiger partial charge in [-0.1, -0.05) is 0 Å². The van der Waals surface area contributed by atoms with Gasteiger partial charge in [-0.05, 0) is 18.2 Å². The monoisotopic (exact) mass is 638 g/mol. The third kappa shape index (κ3) is 4.00. The van der Waals surface area contributed by atoms with Crippen LogP contribution in [0.1, 0.15) is 22.3 Å². The van der Waals surface area contributed by atoms with E-state index < -0.39 is 128 Å². The molecule has 2 aliphatic rings. The summed E-state index contributed by atoms with van der Waals surface area (Å²) in [6.45, 7) is 0. The summed E-state index contributed by atoms with van der Waals surface area (Å²) in [4.78, 5) is 0. The number of halogens is 16. The average Bonchev–Trinajstić information content (AvgIpc) is 3.28. The summed E-state index contributed by atoms with van der Waals surface area (Å²) in [6, 6.07) is 0.219. The van der Waals surface area contributed by atoms with Crippen LogP contribution in [0.3, 0.4) is 0 Å². The van der Waals surface area contributed by atoms with Crippen LogP contribution in [0.2, 0.25) is 0 Å². The number of fused-ring (bicyclic) bond motifs is 2. The van der Waals surface area contributed by atoms with Gasteiger partial charge in [0.2, 0.25) is 11.7 Å². The summed E-state index contributed by atoms with van der Waals surface area (Å²) in [5.74, 6) is -48.7. The smallest absolute Gasteiger partial charge is 0.366 e. The van der Waals surface area contributed by atoms with Crippen LogP contribution < -0.4 is 5.46 Å². The highest BCUT2D eigenvalue weighted by Gasteiger charge is 2.61. The van der Waals surface area contributed by atoms with Crippen LogP contribution in [-0.2, 0) is 21.0 Å². The van der Waals surface area contributed by atoms with Crippen molar-refractivity contribution in [3.05, 3.63) is 110 Å². The highest BCUT2D eigenvalue weighted by molar-refractivity contribution is 6.61. The Morgan fingerprint density at radius 2 is 0.860 bits per heavy atom. The van der Waals surface area contributed by atoms with E-state index in [0.717, 1.165) is 0 Å². The number of benzene rings is 3. The Bertz CT molecular complexity index is 1720. The van der Waals surface area contributed by atoms with Gasteiger partial charge in [-0.2, -0.15) is 8.78 Å². The van der Waals surface area contributed by atoms with Gasteiger partial charge in [0.25, 0.3) is 11.7 Å². The molecule has 0 spiro atoms. The van der Waals surface area contributed by atoms with Crippen molar-refractivity contribution in [3.8, 4) is 0 Å². The predicted octanol–water partition coefficient (Wildman–Crippen LogP) is 7.69. The molecule has 19 heteroatoms. The van der Waals surface area contributed by atoms with Crippen molar-refractivity contribution in [2.45, 2.75) is 11.7 Å². The molecule has 0 radical (unpaired) electrons. The lowest BCUT2D eigenvalue weighted by molar-refractivity contribution is -0.113. The largest absolute Gasteiger partial charge is 0.502 e. The standard InChI is InChI=1S/C24H3BF16O2/c26-4-1-2-6(27)5(3-4)25(42-23(40)9-7(13(30)21(23)38)11(28)17(34)19(36)15(9)32)43-24(41)10-8(14(31)22(24)39)12(29)18(35)20(37)16(10)33/h1-3H. The van der Waals surface area contributed by atoms with Gasteiger partial charge >= 0.3 is 7.12 Å². The van der Waals surface area contributed by atoms with Gasteiger partial charge in [-0.3, -0.25) is 0 Å². The summed E-state index contributed by atoms with van der Waals surface area (Å²) < 4.78 is 240. The Morgan fingerprint density at radius 1 is 0.488 bits per heavy atom. The molecule has 5 rings (SSSR count). The number of alkyl halides is 2. The summed E-state index contributed by atoms with van der Waals surface area (Å²) in [6.07, 6.45) is 0. The molecule has 0 saturated heterocycles. The van der Waals surface area contributed by atoms with Gasteiger partial charge < -0.3 is 9.31 Å². The fraction of sp³-hybridized carbons (Fsp3) is 0.0833. The molecule has 226 valence electrons. The molecule has 3 aromatic rings. The van der Waals surface area contributed by atoms with E-state index in [-0.39, 0.29) is 18.2 Å². The molecule has 0 fully saturated rings. The quantitative estimate of drug-likeness (QED) is 0.124. The summed E-state index contributed by atoms with van der Waals surface area (Å²) in [5.41, 5.74) is -11.5. The van der Waals surface area contributed by atoms with Gasteiger partial charge in [0.05, 0.1) is 22.3 Å². The van der Waals surface area contributed by atoms with Crippen LogP contribution in [0, 0.1) is 58.2 Å². The molecule has 43 heavy (non-hydrogen) atoms. The fourth-order valence-corrected chi connectivity index (χ4v) is 4.36. The maximum Gasteiger partial charge on any atom is 0.502 e. The maximum atomic E-state index is 16.0. The highest BCUT2D eigenvalue weighted by atomic mass is 19.2. The Morgan fingerprint density at radius 3 is 1.26 bits per heavy atom. The van der Waals surface area contributed by atoms with Crippen molar-refractivity contribution in [1.82, 2.24) is 0 Å². The minimum Gasteiger partial charge on any atom is -0.366 e. The molecule has 0 bridgehead atoms. The van der Waals surface area contributed by atoms with E-state index in [1.165, 1.54) is 0 Å². The Labute approximate surface area is 226 Å². The second-order valence-corrected chi connectivity index (χ2v) is 8.69. The topological polar surface area (TPSA) is 18.5 Å². The zero-order valence-corrected chi connectivity index (χ0v) is 19.7. The van der Waals surface area contributed by atoms with Crippen LogP contribution in [0.25, 0.3) is 11.7 Å². The van der Waals surface area contributed by atoms with Crippen molar-refractivity contribution >= 4 is 24.2 Å². The molecule has 0 amide bonds. The maximum absolute atomic E-state index is 16.0. The lowest BCUT2D eigenvalue weighted by Gasteiger charge is -2.30. The van der Waals surface area contributed by atoms with E-state index in [0.29, 0.717) is 0 Å². The predicted molar refractivity (Wildman–Crippen MR) is 110 cm³/mol. The van der Waals surface area contributed by atoms with Crippen LogP contribution >= 0.6 is 0 Å². The normalized spacial score (nSPS) is 21.2. The molecule has 0 saturated carbocycles. The minimum atomic E-state index is -5.17. The molecule has 2 atom stereocenters.